The number of hydrogen-bond donors (Lipinski definition) is 1. The normalized spacial score (nSPS) is 14.5. The highest BCUT2D eigenvalue weighted by Gasteiger charge is 2.03. The molecule has 0 fully saturated rings. The molecule has 0 saturated carbocycles. The van der Waals surface area contributed by atoms with Crippen molar-refractivity contribution in [1.29, 1.82) is 0 Å². The van der Waals surface area contributed by atoms with Gasteiger partial charge in [-0.25, -0.2) is 4.21 Å². The average molecular weight is 178 g/mol. The van der Waals surface area contributed by atoms with Crippen molar-refractivity contribution >= 4 is 34.6 Å². The molecule has 50 valence electrons. The van der Waals surface area contributed by atoms with E-state index in [4.69, 9.17) is 27.9 Å². The van der Waals surface area contributed by atoms with Crippen molar-refractivity contribution in [3.63, 3.8) is 0 Å². The minimum atomic E-state index is -2.10. The Labute approximate surface area is 60.1 Å². The highest BCUT2D eigenvalue weighted by Crippen LogP contribution is 1.96. The summed E-state index contributed by atoms with van der Waals surface area (Å²) in [4.78, 5) is 0. The third-order valence-electron chi connectivity index (χ3n) is 0.430. The zero-order valence-electron chi connectivity index (χ0n) is 3.88. The second kappa shape index (κ2) is 4.52. The van der Waals surface area contributed by atoms with Gasteiger partial charge in [0.15, 0.2) is 0 Å². The van der Waals surface area contributed by atoms with E-state index in [-0.39, 0.29) is 12.4 Å². The first-order valence-electron chi connectivity index (χ1n) is 1.78. The predicted octanol–water partition coefficient (Wildman–Crippen LogP) is 0.818. The third kappa shape index (κ3) is 3.63. The van der Waals surface area contributed by atoms with Gasteiger partial charge < -0.3 is 0 Å². The van der Waals surface area contributed by atoms with Crippen molar-refractivity contribution in [1.82, 2.24) is 3.82 Å². The van der Waals surface area contributed by atoms with Crippen LogP contribution in [0.4, 0.5) is 0 Å². The van der Waals surface area contributed by atoms with E-state index in [1.807, 2.05) is 0 Å². The van der Waals surface area contributed by atoms with Gasteiger partial charge in [0.25, 0.3) is 0 Å². The summed E-state index contributed by atoms with van der Waals surface area (Å²) >= 11 is 8.19. The average Bonchev–Trinajstić information content (AvgIpc) is 1.67. The van der Waals surface area contributed by atoms with E-state index in [1.165, 1.54) is 0 Å². The van der Waals surface area contributed by atoms with E-state index in [9.17, 15) is 4.21 Å². The minimum absolute atomic E-state index is 0.201. The zero-order chi connectivity index (χ0) is 6.57. The maximum absolute atomic E-state index is 9.94. The topological polar surface area (TPSA) is 40.5 Å². The fraction of sp³-hybridized carbons (Fsp3) is 1.00. The van der Waals surface area contributed by atoms with Crippen LogP contribution >= 0.6 is 23.4 Å². The van der Waals surface area contributed by atoms with Crippen molar-refractivity contribution in [2.75, 3.05) is 12.4 Å². The summed E-state index contributed by atoms with van der Waals surface area (Å²) in [5.41, 5.74) is 0. The van der Waals surface area contributed by atoms with Gasteiger partial charge >= 0.3 is 0 Å². The molecule has 0 saturated heterocycles. The quantitative estimate of drug-likeness (QED) is 0.394. The van der Waals surface area contributed by atoms with Gasteiger partial charge in [-0.3, -0.25) is 4.55 Å². The number of alkyl halides is 1. The molecular weight excluding hydrogens is 173 g/mol. The van der Waals surface area contributed by atoms with E-state index in [0.717, 1.165) is 0 Å². The van der Waals surface area contributed by atoms with E-state index in [2.05, 4.69) is 0 Å². The van der Waals surface area contributed by atoms with Crippen LogP contribution in [-0.2, 0) is 11.3 Å². The molecule has 0 aromatic heterocycles. The molecule has 0 amide bonds. The molecule has 1 atom stereocenters. The molecule has 0 rings (SSSR count). The Balaban J connectivity index is 3.32. The van der Waals surface area contributed by atoms with Gasteiger partial charge in [0.1, 0.15) is 0 Å². The van der Waals surface area contributed by atoms with Crippen molar-refractivity contribution in [2.45, 2.75) is 0 Å². The van der Waals surface area contributed by atoms with Crippen LogP contribution in [0, 0.1) is 0 Å². The molecule has 1 unspecified atom stereocenters. The maximum atomic E-state index is 9.94. The third-order valence-corrected chi connectivity index (χ3v) is 1.64. The molecule has 0 aliphatic heterocycles. The molecule has 0 aromatic rings. The number of hydrogen-bond acceptors (Lipinski definition) is 1. The van der Waals surface area contributed by atoms with Crippen LogP contribution in [0.2, 0.25) is 0 Å². The van der Waals surface area contributed by atoms with Gasteiger partial charge in [0, 0.05) is 12.4 Å². The lowest BCUT2D eigenvalue weighted by atomic mass is 10.8. The van der Waals surface area contributed by atoms with Crippen LogP contribution in [0.5, 0.6) is 0 Å². The highest BCUT2D eigenvalue weighted by molar-refractivity contribution is 7.77. The molecule has 0 aliphatic carbocycles. The smallest absolute Gasteiger partial charge is 0.249 e. The molecule has 0 heterocycles. The van der Waals surface area contributed by atoms with Gasteiger partial charge in [-0.15, -0.1) is 15.4 Å². The summed E-state index contributed by atoms with van der Waals surface area (Å²) in [5, 5.41) is 0. The monoisotopic (exact) mass is 177 g/mol. The molecule has 3 nitrogen and oxygen atoms in total. The van der Waals surface area contributed by atoms with Crippen LogP contribution in [0.3, 0.4) is 0 Å². The van der Waals surface area contributed by atoms with Crippen molar-refractivity contribution in [2.24, 2.45) is 0 Å². The van der Waals surface area contributed by atoms with Crippen molar-refractivity contribution < 1.29 is 8.76 Å². The summed E-state index contributed by atoms with van der Waals surface area (Å²) in [6.07, 6.45) is 0. The molecule has 0 aliphatic rings. The van der Waals surface area contributed by atoms with E-state index in [0.29, 0.717) is 3.82 Å². The molecular formula is C2H5Cl2NO2S. The Morgan fingerprint density at radius 2 is 2.25 bits per heavy atom. The number of rotatable bonds is 3. The van der Waals surface area contributed by atoms with Gasteiger partial charge in [-0.1, -0.05) is 0 Å². The van der Waals surface area contributed by atoms with E-state index < -0.39 is 11.3 Å². The molecule has 1 N–H and O–H groups in total. The fourth-order valence-electron chi connectivity index (χ4n) is 0.145. The van der Waals surface area contributed by atoms with Crippen molar-refractivity contribution in [3.8, 4) is 0 Å². The number of halogens is 2. The minimum Gasteiger partial charge on any atom is -0.293 e. The summed E-state index contributed by atoms with van der Waals surface area (Å²) in [6.45, 7) is 0.201. The summed E-state index contributed by atoms with van der Waals surface area (Å²) in [7, 11) is 0. The molecule has 0 aromatic carbocycles. The molecule has 0 bridgehead atoms. The van der Waals surface area contributed by atoms with Crippen LogP contribution in [0.1, 0.15) is 0 Å². The first kappa shape index (κ1) is 8.65. The molecule has 0 radical (unpaired) electrons. The maximum Gasteiger partial charge on any atom is 0.249 e. The van der Waals surface area contributed by atoms with E-state index in [1.54, 1.807) is 0 Å². The Bertz CT molecular complexity index is 90.1. The Morgan fingerprint density at radius 1 is 1.75 bits per heavy atom. The zero-order valence-corrected chi connectivity index (χ0v) is 6.21. The first-order chi connectivity index (χ1) is 3.68. The van der Waals surface area contributed by atoms with Crippen LogP contribution < -0.4 is 0 Å². The van der Waals surface area contributed by atoms with Crippen LogP contribution in [0.15, 0.2) is 0 Å². The first-order valence-corrected chi connectivity index (χ1v) is 3.72. The van der Waals surface area contributed by atoms with Crippen molar-refractivity contribution in [3.05, 3.63) is 0 Å². The van der Waals surface area contributed by atoms with Gasteiger partial charge in [-0.2, -0.15) is 0 Å². The highest BCUT2D eigenvalue weighted by atomic mass is 35.5. The molecule has 0 spiro atoms. The number of nitrogens with zero attached hydrogens (tertiary/aromatic N) is 1. The standard InChI is InChI=1S/C2H5Cl2NO2S/c3-1-2-5(4)8(6)7/h1-2H2,(H,6,7). The molecule has 8 heavy (non-hydrogen) atoms. The lowest BCUT2D eigenvalue weighted by Crippen LogP contribution is -2.16. The Morgan fingerprint density at radius 3 is 2.38 bits per heavy atom. The second-order valence-electron chi connectivity index (χ2n) is 0.961. The summed E-state index contributed by atoms with van der Waals surface area (Å²) in [5.74, 6) is 0.246. The lowest BCUT2D eigenvalue weighted by Gasteiger charge is -2.02. The predicted molar refractivity (Wildman–Crippen MR) is 34.1 cm³/mol. The van der Waals surface area contributed by atoms with Gasteiger partial charge in [0.05, 0.1) is 0 Å². The lowest BCUT2D eigenvalue weighted by molar-refractivity contribution is 0.514. The van der Waals surface area contributed by atoms with Gasteiger partial charge in [-0.05, 0) is 11.8 Å². The van der Waals surface area contributed by atoms with Gasteiger partial charge in [0.2, 0.25) is 11.3 Å². The SMILES string of the molecule is O=S(O)N(Cl)CCCl. The summed E-state index contributed by atoms with van der Waals surface area (Å²) in [6, 6.07) is 0. The van der Waals surface area contributed by atoms with Crippen LogP contribution in [0.25, 0.3) is 0 Å². The second-order valence-corrected chi connectivity index (χ2v) is 2.85. The molecule has 6 heteroatoms. The fourth-order valence-corrected chi connectivity index (χ4v) is 0.832. The summed E-state index contributed by atoms with van der Waals surface area (Å²) < 4.78 is 18.8. The Kier molecular flexibility index (Phi) is 4.89. The largest absolute Gasteiger partial charge is 0.293 e. The van der Waals surface area contributed by atoms with E-state index >= 15 is 0 Å². The van der Waals surface area contributed by atoms with Crippen LogP contribution in [-0.4, -0.2) is 25.0 Å². The Hall–Kier alpha value is 0.650.